The van der Waals surface area contributed by atoms with Crippen LogP contribution in [0.15, 0.2) is 24.3 Å². The lowest BCUT2D eigenvalue weighted by Crippen LogP contribution is -2.19. The molecule has 0 aromatic heterocycles. The van der Waals surface area contributed by atoms with E-state index in [1.165, 1.54) is 56.1 Å². The van der Waals surface area contributed by atoms with Crippen LogP contribution in [0.2, 0.25) is 0 Å². The van der Waals surface area contributed by atoms with E-state index in [0.717, 1.165) is 12.5 Å². The highest BCUT2D eigenvalue weighted by atomic mass is 14.9. The Kier molecular flexibility index (Phi) is 5.91. The Balaban J connectivity index is 1.69. The van der Waals surface area contributed by atoms with Crippen LogP contribution in [0.25, 0.3) is 0 Å². The van der Waals surface area contributed by atoms with E-state index in [-0.39, 0.29) is 0 Å². The summed E-state index contributed by atoms with van der Waals surface area (Å²) in [6.07, 6.45) is 9.53. The summed E-state index contributed by atoms with van der Waals surface area (Å²) in [6, 6.07) is 9.67. The molecule has 19 heavy (non-hydrogen) atoms. The monoisotopic (exact) mass is 259 g/mol. The maximum Gasteiger partial charge on any atom is 0.0291 e. The van der Waals surface area contributed by atoms with Crippen LogP contribution in [-0.2, 0) is 6.42 Å². The second-order valence-electron chi connectivity index (χ2n) is 6.11. The third-order valence-electron chi connectivity index (χ3n) is 4.24. The molecule has 2 rings (SSSR count). The van der Waals surface area contributed by atoms with Gasteiger partial charge in [-0.2, -0.15) is 0 Å². The molecule has 1 nitrogen and oxygen atoms in total. The lowest BCUT2D eigenvalue weighted by atomic mass is 10.0. The number of benzene rings is 1. The molecule has 1 heteroatoms. The van der Waals surface area contributed by atoms with Crippen LogP contribution >= 0.6 is 0 Å². The minimum atomic E-state index is 0.486. The second kappa shape index (κ2) is 7.69. The summed E-state index contributed by atoms with van der Waals surface area (Å²) in [5, 5.41) is 3.64. The highest BCUT2D eigenvalue weighted by Crippen LogP contribution is 2.33. The lowest BCUT2D eigenvalue weighted by Gasteiger charge is -2.14. The number of hydrogen-bond donors (Lipinski definition) is 1. The minimum Gasteiger partial charge on any atom is -0.310 e. The van der Waals surface area contributed by atoms with E-state index in [9.17, 15) is 0 Å². The molecule has 1 aliphatic carbocycles. The van der Waals surface area contributed by atoms with Gasteiger partial charge in [-0.25, -0.2) is 0 Å². The average molecular weight is 259 g/mol. The van der Waals surface area contributed by atoms with E-state index in [4.69, 9.17) is 0 Å². The Bertz CT molecular complexity index is 350. The smallest absolute Gasteiger partial charge is 0.0291 e. The van der Waals surface area contributed by atoms with Gasteiger partial charge in [-0.05, 0) is 56.2 Å². The van der Waals surface area contributed by atoms with Crippen LogP contribution in [0.5, 0.6) is 0 Å². The van der Waals surface area contributed by atoms with Crippen molar-refractivity contribution < 1.29 is 0 Å². The fourth-order valence-corrected chi connectivity index (χ4v) is 2.59. The molecular weight excluding hydrogens is 230 g/mol. The molecule has 1 aromatic rings. The molecule has 0 heterocycles. The number of aryl methyl sites for hydroxylation is 1. The van der Waals surface area contributed by atoms with Crippen molar-refractivity contribution in [1.82, 2.24) is 5.32 Å². The number of rotatable bonds is 9. The molecule has 0 bridgehead atoms. The molecule has 0 saturated heterocycles. The largest absolute Gasteiger partial charge is 0.310 e. The normalized spacial score (nSPS) is 16.5. The summed E-state index contributed by atoms with van der Waals surface area (Å²) >= 11 is 0. The van der Waals surface area contributed by atoms with Crippen LogP contribution < -0.4 is 5.32 Å². The van der Waals surface area contributed by atoms with Crippen LogP contribution in [0.4, 0.5) is 0 Å². The minimum absolute atomic E-state index is 0.486. The molecular formula is C18H29N. The molecule has 106 valence electrons. The number of nitrogens with one attached hydrogen (secondary N) is 1. The van der Waals surface area contributed by atoms with E-state index >= 15 is 0 Å². The van der Waals surface area contributed by atoms with Crippen molar-refractivity contribution in [3.63, 3.8) is 0 Å². The van der Waals surface area contributed by atoms with Gasteiger partial charge < -0.3 is 5.32 Å². The first kappa shape index (κ1) is 14.6. The fraction of sp³-hybridized carbons (Fsp3) is 0.667. The molecule has 1 fully saturated rings. The summed E-state index contributed by atoms with van der Waals surface area (Å²) in [7, 11) is 0. The third-order valence-corrected chi connectivity index (χ3v) is 4.24. The molecule has 0 spiro atoms. The van der Waals surface area contributed by atoms with Crippen molar-refractivity contribution >= 4 is 0 Å². The van der Waals surface area contributed by atoms with Crippen LogP contribution in [0, 0.1) is 5.92 Å². The Morgan fingerprint density at radius 1 is 1.16 bits per heavy atom. The summed E-state index contributed by atoms with van der Waals surface area (Å²) < 4.78 is 0. The maximum atomic E-state index is 3.64. The molecule has 1 aromatic carbocycles. The highest BCUT2D eigenvalue weighted by Gasteiger charge is 2.20. The van der Waals surface area contributed by atoms with Crippen molar-refractivity contribution in [3.8, 4) is 0 Å². The van der Waals surface area contributed by atoms with Crippen molar-refractivity contribution in [2.45, 2.75) is 64.8 Å². The van der Waals surface area contributed by atoms with E-state index in [1.807, 2.05) is 0 Å². The first-order valence-electron chi connectivity index (χ1n) is 8.12. The quantitative estimate of drug-likeness (QED) is 0.624. The summed E-state index contributed by atoms with van der Waals surface area (Å²) in [5.41, 5.74) is 2.90. The highest BCUT2D eigenvalue weighted by molar-refractivity contribution is 5.24. The summed E-state index contributed by atoms with van der Waals surface area (Å²) in [6.45, 7) is 5.69. The third kappa shape index (κ3) is 5.36. The zero-order chi connectivity index (χ0) is 13.5. The fourth-order valence-electron chi connectivity index (χ4n) is 2.59. The van der Waals surface area contributed by atoms with Gasteiger partial charge in [0.15, 0.2) is 0 Å². The summed E-state index contributed by atoms with van der Waals surface area (Å²) in [4.78, 5) is 0. The summed E-state index contributed by atoms with van der Waals surface area (Å²) in [5.74, 6) is 1.06. The first-order chi connectivity index (χ1) is 9.29. The van der Waals surface area contributed by atoms with Gasteiger partial charge in [-0.3, -0.25) is 0 Å². The van der Waals surface area contributed by atoms with E-state index in [2.05, 4.69) is 43.4 Å². The van der Waals surface area contributed by atoms with Gasteiger partial charge in [0.2, 0.25) is 0 Å². The van der Waals surface area contributed by atoms with Crippen LogP contribution in [0.3, 0.4) is 0 Å². The Hall–Kier alpha value is -0.820. The molecule has 1 atom stereocenters. The van der Waals surface area contributed by atoms with Gasteiger partial charge in [-0.1, -0.05) is 50.5 Å². The Morgan fingerprint density at radius 3 is 2.53 bits per heavy atom. The van der Waals surface area contributed by atoms with E-state index in [0.29, 0.717) is 6.04 Å². The standard InChI is InChI=1S/C18H29N/c1-3-4-6-16-10-12-18(13-11-16)15(2)19-14-5-7-17-8-9-17/h10-13,15,17,19H,3-9,14H2,1-2H3. The van der Waals surface area contributed by atoms with Crippen molar-refractivity contribution in [3.05, 3.63) is 35.4 Å². The number of hydrogen-bond acceptors (Lipinski definition) is 1. The van der Waals surface area contributed by atoms with Gasteiger partial charge in [0.25, 0.3) is 0 Å². The molecule has 1 saturated carbocycles. The molecule has 1 N–H and O–H groups in total. The molecule has 0 amide bonds. The van der Waals surface area contributed by atoms with Gasteiger partial charge in [0.1, 0.15) is 0 Å². The molecule has 0 aliphatic heterocycles. The molecule has 1 unspecified atom stereocenters. The average Bonchev–Trinajstić information content (AvgIpc) is 3.26. The zero-order valence-electron chi connectivity index (χ0n) is 12.6. The van der Waals surface area contributed by atoms with E-state index < -0.39 is 0 Å². The van der Waals surface area contributed by atoms with E-state index in [1.54, 1.807) is 0 Å². The van der Waals surface area contributed by atoms with Crippen LogP contribution in [0.1, 0.15) is 69.5 Å². The molecule has 1 aliphatic rings. The number of unbranched alkanes of at least 4 members (excludes halogenated alkanes) is 1. The predicted molar refractivity (Wildman–Crippen MR) is 83.4 cm³/mol. The SMILES string of the molecule is CCCCc1ccc(C(C)NCCCC2CC2)cc1. The van der Waals surface area contributed by atoms with Gasteiger partial charge >= 0.3 is 0 Å². The Morgan fingerprint density at radius 2 is 1.89 bits per heavy atom. The van der Waals surface area contributed by atoms with Gasteiger partial charge in [-0.15, -0.1) is 0 Å². The van der Waals surface area contributed by atoms with Crippen molar-refractivity contribution in [2.75, 3.05) is 6.54 Å². The van der Waals surface area contributed by atoms with Crippen molar-refractivity contribution in [2.24, 2.45) is 5.92 Å². The van der Waals surface area contributed by atoms with Crippen molar-refractivity contribution in [1.29, 1.82) is 0 Å². The van der Waals surface area contributed by atoms with Gasteiger partial charge in [0.05, 0.1) is 0 Å². The molecule has 0 radical (unpaired) electrons. The topological polar surface area (TPSA) is 12.0 Å². The van der Waals surface area contributed by atoms with Crippen LogP contribution in [-0.4, -0.2) is 6.54 Å². The zero-order valence-corrected chi connectivity index (χ0v) is 12.6. The maximum absolute atomic E-state index is 3.64. The Labute approximate surface area is 118 Å². The predicted octanol–water partition coefficient (Wildman–Crippen LogP) is 4.87. The lowest BCUT2D eigenvalue weighted by molar-refractivity contribution is 0.533. The first-order valence-corrected chi connectivity index (χ1v) is 8.12. The second-order valence-corrected chi connectivity index (χ2v) is 6.11. The van der Waals surface area contributed by atoms with Gasteiger partial charge in [0, 0.05) is 6.04 Å².